The molecule has 0 saturated heterocycles. The number of benzene rings is 2. The zero-order valence-corrected chi connectivity index (χ0v) is 30.8. The van der Waals surface area contributed by atoms with E-state index >= 15 is 0 Å². The number of anilines is 1. The highest BCUT2D eigenvalue weighted by Crippen LogP contribution is 2.28. The summed E-state index contributed by atoms with van der Waals surface area (Å²) in [5, 5.41) is 4.67. The first-order chi connectivity index (χ1) is 25.0. The third kappa shape index (κ3) is 11.6. The fraction of sp³-hybridized carbons (Fsp3) is 0.333. The van der Waals surface area contributed by atoms with Crippen molar-refractivity contribution in [2.24, 2.45) is 0 Å². The lowest BCUT2D eigenvalue weighted by Gasteiger charge is -2.12. The van der Waals surface area contributed by atoms with E-state index in [1.165, 1.54) is 39.3 Å². The lowest BCUT2D eigenvalue weighted by molar-refractivity contribution is -0.142. The maximum atomic E-state index is 14.2. The number of aryl methyl sites for hydroxylation is 1. The second-order valence-corrected chi connectivity index (χ2v) is 12.2. The molecule has 0 aliphatic rings. The highest BCUT2D eigenvalue weighted by atomic mass is 35.5. The average molecular weight is 811 g/mol. The fourth-order valence-electron chi connectivity index (χ4n) is 4.11. The predicted octanol–water partition coefficient (Wildman–Crippen LogP) is 4.58. The van der Waals surface area contributed by atoms with Gasteiger partial charge in [0.05, 0.1) is 33.5 Å². The Morgan fingerprint density at radius 1 is 1.00 bits per heavy atom. The van der Waals surface area contributed by atoms with Crippen molar-refractivity contribution in [1.29, 1.82) is 0 Å². The minimum absolute atomic E-state index is 0.0424. The van der Waals surface area contributed by atoms with Crippen LogP contribution in [0.25, 0.3) is 5.69 Å². The molecule has 4 aromatic rings. The number of urea groups is 1. The molecular formula is C30H32Cl2F3N7O10S. The summed E-state index contributed by atoms with van der Waals surface area (Å²) in [6.45, 7) is 1.85. The number of esters is 1. The summed E-state index contributed by atoms with van der Waals surface area (Å²) in [7, 11) is -1.76. The summed E-state index contributed by atoms with van der Waals surface area (Å²) in [5.41, 5.74) is -1.37. The summed E-state index contributed by atoms with van der Waals surface area (Å²) in [4.78, 5) is 43.4. The van der Waals surface area contributed by atoms with Gasteiger partial charge in [0, 0.05) is 11.4 Å². The van der Waals surface area contributed by atoms with Crippen molar-refractivity contribution in [3.05, 3.63) is 75.2 Å². The molecule has 2 heterocycles. The quantitative estimate of drug-likeness (QED) is 0.132. The van der Waals surface area contributed by atoms with Gasteiger partial charge in [-0.1, -0.05) is 23.7 Å². The molecule has 0 saturated carbocycles. The number of hydrogen-bond acceptors (Lipinski definition) is 13. The molecule has 0 spiro atoms. The zero-order valence-electron chi connectivity index (χ0n) is 28.4. The van der Waals surface area contributed by atoms with Crippen LogP contribution in [-0.2, 0) is 26.3 Å². The molecule has 288 valence electrons. The van der Waals surface area contributed by atoms with Crippen LogP contribution in [0.3, 0.4) is 0 Å². The molecule has 0 aliphatic heterocycles. The number of methoxy groups -OCH3 is 2. The van der Waals surface area contributed by atoms with Gasteiger partial charge in [-0.2, -0.15) is 31.8 Å². The number of rotatable bonds is 14. The van der Waals surface area contributed by atoms with Crippen molar-refractivity contribution in [2.75, 3.05) is 32.8 Å². The van der Waals surface area contributed by atoms with E-state index in [4.69, 9.17) is 46.3 Å². The molecule has 2 amide bonds. The molecule has 0 aliphatic carbocycles. The van der Waals surface area contributed by atoms with Gasteiger partial charge >= 0.3 is 34.5 Å². The molecule has 0 radical (unpaired) electrons. The third-order valence-corrected chi connectivity index (χ3v) is 7.87. The fourth-order valence-corrected chi connectivity index (χ4v) is 5.26. The van der Waals surface area contributed by atoms with Gasteiger partial charge in [0.2, 0.25) is 17.7 Å². The zero-order chi connectivity index (χ0) is 39.5. The van der Waals surface area contributed by atoms with Crippen LogP contribution in [0.4, 0.5) is 23.9 Å². The number of nitrogens with zero attached hydrogens (tertiary/aromatic N) is 5. The standard InChI is InChI=1S/C15H14Cl2F3N3O3.C15H18N4O7S/c1-3-26-13(24)10(17)4-8-5-12(11(18)6-9(8)16)23-15(25)22(14(19)20)7(2)21-23;1-4-25-10-7-5-6-8-11(10)26-27(21,22)19-15(20)18-14-16-12(23-2)9-13(17-14)24-3/h5-6,10,14H,3-4H2,1-2H3;5-9H,4H2,1-3H3,(H2,16,17,18,19,20). The Hall–Kier alpha value is -5.28. The molecule has 0 fully saturated rings. The number of alkyl halides is 3. The van der Waals surface area contributed by atoms with Crippen molar-refractivity contribution in [3.8, 4) is 28.9 Å². The number of carbonyl (C=O) groups is 2. The Bertz CT molecular complexity index is 2070. The van der Waals surface area contributed by atoms with Gasteiger partial charge in [0.1, 0.15) is 16.9 Å². The summed E-state index contributed by atoms with van der Waals surface area (Å²) in [5.74, 6) is -1.78. The van der Waals surface area contributed by atoms with Gasteiger partial charge in [-0.3, -0.25) is 10.1 Å². The molecular weight excluding hydrogens is 778 g/mol. The Morgan fingerprint density at radius 3 is 2.17 bits per heavy atom. The predicted molar refractivity (Wildman–Crippen MR) is 183 cm³/mol. The Morgan fingerprint density at radius 2 is 1.62 bits per heavy atom. The van der Waals surface area contributed by atoms with E-state index in [0.29, 0.717) is 11.3 Å². The van der Waals surface area contributed by atoms with Crippen LogP contribution in [0.2, 0.25) is 5.02 Å². The summed E-state index contributed by atoms with van der Waals surface area (Å²) >= 11 is 11.9. The van der Waals surface area contributed by atoms with Crippen LogP contribution in [0.1, 0.15) is 31.8 Å². The minimum atomic E-state index is -4.49. The van der Waals surface area contributed by atoms with Crippen LogP contribution >= 0.6 is 23.2 Å². The number of ether oxygens (including phenoxy) is 4. The molecule has 4 rings (SSSR count). The Balaban J connectivity index is 0.000000286. The van der Waals surface area contributed by atoms with Crippen LogP contribution in [0.5, 0.6) is 23.3 Å². The molecule has 0 bridgehead atoms. The summed E-state index contributed by atoms with van der Waals surface area (Å²) in [6.07, 6.45) is -0.115. The number of amides is 2. The Labute approximate surface area is 310 Å². The van der Waals surface area contributed by atoms with Crippen molar-refractivity contribution in [3.63, 3.8) is 0 Å². The largest absolute Gasteiger partial charge is 0.490 e. The lowest BCUT2D eigenvalue weighted by atomic mass is 10.1. The lowest BCUT2D eigenvalue weighted by Crippen LogP contribution is -2.37. The SMILES string of the molecule is CCOC(=O)C(Cl)Cc1cc(-n2nc(C)n(C(F)F)c2=O)c(F)cc1Cl.CCOc1ccccc1OS(=O)(=O)NC(=O)Nc1nc(OC)cc(OC)n1. The first kappa shape index (κ1) is 42.1. The molecule has 2 aromatic carbocycles. The first-order valence-corrected chi connectivity index (χ1v) is 17.2. The van der Waals surface area contributed by atoms with Crippen molar-refractivity contribution < 1.29 is 54.3 Å². The van der Waals surface area contributed by atoms with Gasteiger partial charge in [-0.25, -0.2) is 23.3 Å². The van der Waals surface area contributed by atoms with E-state index in [-0.39, 0.29) is 68.9 Å². The van der Waals surface area contributed by atoms with Crippen LogP contribution in [0, 0.1) is 12.7 Å². The van der Waals surface area contributed by atoms with E-state index in [1.807, 2.05) is 0 Å². The number of halogens is 5. The second kappa shape index (κ2) is 19.0. The molecule has 1 unspecified atom stereocenters. The molecule has 2 aromatic heterocycles. The van der Waals surface area contributed by atoms with E-state index in [1.54, 1.807) is 30.7 Å². The number of nitrogens with one attached hydrogen (secondary N) is 2. The van der Waals surface area contributed by atoms with Gasteiger partial charge < -0.3 is 23.1 Å². The highest BCUT2D eigenvalue weighted by Gasteiger charge is 2.24. The van der Waals surface area contributed by atoms with Crippen LogP contribution in [0.15, 0.2) is 47.3 Å². The minimum Gasteiger partial charge on any atom is -0.490 e. The molecule has 53 heavy (non-hydrogen) atoms. The van der Waals surface area contributed by atoms with Crippen LogP contribution in [-0.4, -0.2) is 77.5 Å². The van der Waals surface area contributed by atoms with E-state index in [0.717, 1.165) is 12.1 Å². The number of aromatic nitrogens is 5. The third-order valence-electron chi connectivity index (χ3n) is 6.35. The smallest absolute Gasteiger partial charge is 0.411 e. The van der Waals surface area contributed by atoms with Crippen molar-refractivity contribution >= 4 is 51.5 Å². The second-order valence-electron chi connectivity index (χ2n) is 9.96. The Kier molecular flexibility index (Phi) is 15.1. The van der Waals surface area contributed by atoms with Gasteiger partial charge in [-0.15, -0.1) is 16.7 Å². The van der Waals surface area contributed by atoms with E-state index in [9.17, 15) is 36.0 Å². The van der Waals surface area contributed by atoms with Gasteiger partial charge in [0.15, 0.2) is 17.3 Å². The topological polar surface area (TPSA) is 204 Å². The molecule has 2 N–H and O–H groups in total. The molecule has 1 atom stereocenters. The highest BCUT2D eigenvalue weighted by molar-refractivity contribution is 7.85. The number of para-hydroxylation sites is 2. The van der Waals surface area contributed by atoms with E-state index in [2.05, 4.69) is 20.4 Å². The summed E-state index contributed by atoms with van der Waals surface area (Å²) in [6, 6.07) is 8.40. The maximum absolute atomic E-state index is 14.2. The van der Waals surface area contributed by atoms with Gasteiger partial charge in [-0.05, 0) is 50.6 Å². The molecule has 17 nitrogen and oxygen atoms in total. The monoisotopic (exact) mass is 809 g/mol. The summed E-state index contributed by atoms with van der Waals surface area (Å²) < 4.78 is 91.3. The van der Waals surface area contributed by atoms with Crippen molar-refractivity contribution in [2.45, 2.75) is 39.1 Å². The normalized spacial score (nSPS) is 11.5. The van der Waals surface area contributed by atoms with E-state index < -0.39 is 45.7 Å². The van der Waals surface area contributed by atoms with Gasteiger partial charge in [0.25, 0.3) is 0 Å². The average Bonchev–Trinajstić information content (AvgIpc) is 3.39. The maximum Gasteiger partial charge on any atom is 0.411 e. The number of carbonyl (C=O) groups excluding carboxylic acids is 2. The molecule has 23 heteroatoms. The van der Waals surface area contributed by atoms with Crippen LogP contribution < -0.4 is 34.1 Å². The van der Waals surface area contributed by atoms with Crippen molar-refractivity contribution in [1.82, 2.24) is 29.0 Å². The number of hydrogen-bond donors (Lipinski definition) is 2. The first-order valence-electron chi connectivity index (χ1n) is 15.0.